The minimum Gasteiger partial charge on any atom is -0.543 e. The third kappa shape index (κ3) is 4.48. The molecule has 10 heteroatoms. The molecule has 0 aromatic heterocycles. The van der Waals surface area contributed by atoms with Crippen LogP contribution in [0, 0.1) is 0 Å². The van der Waals surface area contributed by atoms with Crippen LogP contribution >= 0.6 is 23.4 Å². The van der Waals surface area contributed by atoms with Crippen molar-refractivity contribution in [1.82, 2.24) is 10.2 Å². The summed E-state index contributed by atoms with van der Waals surface area (Å²) in [7, 11) is 0. The summed E-state index contributed by atoms with van der Waals surface area (Å²) in [6.45, 7) is 0. The van der Waals surface area contributed by atoms with E-state index in [0.29, 0.717) is 16.9 Å². The number of alkyl halides is 1. The number of halogens is 1. The molecule has 0 aliphatic carbocycles. The van der Waals surface area contributed by atoms with Crippen molar-refractivity contribution in [2.75, 3.05) is 11.6 Å². The maximum atomic E-state index is 12.5. The summed E-state index contributed by atoms with van der Waals surface area (Å²) in [5.41, 5.74) is 6.85. The smallest absolute Gasteiger partial charge is 0.543 e. The molecular weight excluding hydrogens is 413 g/mol. The molecule has 2 aliphatic heterocycles. The number of nitrogens with zero attached hydrogens (tertiary/aromatic N) is 1. The van der Waals surface area contributed by atoms with Crippen molar-refractivity contribution in [2.45, 2.75) is 17.5 Å². The zero-order valence-corrected chi connectivity index (χ0v) is 18.7. The number of allylic oxidation sites excluding steroid dienone is 2. The number of aliphatic carboxylic acids is 1. The first-order valence-corrected chi connectivity index (χ1v) is 9.76. The Labute approximate surface area is 193 Å². The van der Waals surface area contributed by atoms with E-state index in [1.54, 1.807) is 36.4 Å². The van der Waals surface area contributed by atoms with Gasteiger partial charge >= 0.3 is 29.6 Å². The van der Waals surface area contributed by atoms with Gasteiger partial charge in [-0.25, -0.2) is 0 Å². The van der Waals surface area contributed by atoms with Crippen LogP contribution in [-0.2, 0) is 14.4 Å². The van der Waals surface area contributed by atoms with Gasteiger partial charge in [-0.2, -0.15) is 0 Å². The van der Waals surface area contributed by atoms with Gasteiger partial charge < -0.3 is 21.0 Å². The first-order valence-electron chi connectivity index (χ1n) is 8.18. The Bertz CT molecular complexity index is 833. The topological polar surface area (TPSA) is 116 Å². The number of hydrogen-bond donors (Lipinski definition) is 2. The predicted octanol–water partition coefficient (Wildman–Crippen LogP) is -3.11. The number of hydrogen-bond acceptors (Lipinski definition) is 6. The Morgan fingerprint density at radius 1 is 1.39 bits per heavy atom. The molecule has 0 spiro atoms. The van der Waals surface area contributed by atoms with Gasteiger partial charge in [0.15, 0.2) is 0 Å². The molecule has 7 nitrogen and oxygen atoms in total. The second-order valence-corrected chi connectivity index (χ2v) is 7.42. The zero-order valence-electron chi connectivity index (χ0n) is 15.1. The van der Waals surface area contributed by atoms with Crippen LogP contribution in [0.1, 0.15) is 11.6 Å². The van der Waals surface area contributed by atoms with Crippen molar-refractivity contribution in [3.05, 3.63) is 59.3 Å². The van der Waals surface area contributed by atoms with E-state index >= 15 is 0 Å². The number of carbonyl (C=O) groups is 3. The van der Waals surface area contributed by atoms with E-state index in [9.17, 15) is 19.5 Å². The number of thioether (sulfide) groups is 1. The number of rotatable bonds is 6. The Morgan fingerprint density at radius 2 is 2.07 bits per heavy atom. The van der Waals surface area contributed by atoms with Gasteiger partial charge in [-0.05, 0) is 11.1 Å². The number of amides is 2. The molecule has 1 aromatic rings. The molecule has 0 saturated carbocycles. The molecule has 0 radical (unpaired) electrons. The molecule has 3 atom stereocenters. The first-order chi connectivity index (χ1) is 13.0. The Kier molecular flexibility index (Phi) is 8.18. The molecule has 2 amide bonds. The van der Waals surface area contributed by atoms with Gasteiger partial charge in [0.25, 0.3) is 5.91 Å². The third-order valence-corrected chi connectivity index (χ3v) is 5.82. The third-order valence-electron chi connectivity index (χ3n) is 4.34. The van der Waals surface area contributed by atoms with Crippen molar-refractivity contribution in [1.29, 1.82) is 0 Å². The summed E-state index contributed by atoms with van der Waals surface area (Å²) < 4.78 is 0. The summed E-state index contributed by atoms with van der Waals surface area (Å²) >= 11 is 6.96. The van der Waals surface area contributed by atoms with Crippen LogP contribution in [0.3, 0.4) is 0 Å². The Balaban J connectivity index is 0.00000280. The number of β-lactam (4-membered cyclic amide) rings is 1. The van der Waals surface area contributed by atoms with Gasteiger partial charge in [0, 0.05) is 11.6 Å². The number of nitrogens with two attached hydrogens (primary N) is 1. The van der Waals surface area contributed by atoms with Crippen molar-refractivity contribution in [2.24, 2.45) is 5.73 Å². The Morgan fingerprint density at radius 3 is 2.68 bits per heavy atom. The Hall–Kier alpha value is -1.29. The summed E-state index contributed by atoms with van der Waals surface area (Å²) in [4.78, 5) is 37.6. The normalized spacial score (nSPS) is 22.2. The molecule has 142 valence electrons. The van der Waals surface area contributed by atoms with Crippen LogP contribution < -0.4 is 45.7 Å². The molecule has 2 aliphatic rings. The van der Waals surface area contributed by atoms with Crippen molar-refractivity contribution < 1.29 is 49.0 Å². The van der Waals surface area contributed by atoms with Crippen LogP contribution in [0.2, 0.25) is 0 Å². The van der Waals surface area contributed by atoms with E-state index in [1.165, 1.54) is 11.8 Å². The van der Waals surface area contributed by atoms with E-state index in [1.807, 2.05) is 6.07 Å². The number of carbonyl (C=O) groups excluding carboxylic acids is 3. The number of carboxylic acids is 1. The van der Waals surface area contributed by atoms with Crippen LogP contribution in [0.5, 0.6) is 0 Å². The minimum atomic E-state index is -1.44. The van der Waals surface area contributed by atoms with Crippen molar-refractivity contribution in [3.8, 4) is 0 Å². The van der Waals surface area contributed by atoms with Gasteiger partial charge in [0.2, 0.25) is 5.91 Å². The van der Waals surface area contributed by atoms with Gasteiger partial charge in [-0.15, -0.1) is 23.4 Å². The van der Waals surface area contributed by atoms with E-state index in [0.717, 1.165) is 4.90 Å². The second-order valence-electron chi connectivity index (χ2n) is 6.00. The quantitative estimate of drug-likeness (QED) is 0.281. The largest absolute Gasteiger partial charge is 1.00 e. The standard InChI is InChI=1S/C18H18ClN3O4S.Na/c19-8-4-7-11-9-27-17-13(16(24)22(17)14(11)18(25)26)21-15(23)12(20)10-5-2-1-3-6-10;/h1-7,12-13,17H,8-9,20H2,(H,21,23)(H,25,26);/q;+1/p-1/b7-4-;/t12?,13-,17+;/m1./s1. The second kappa shape index (κ2) is 9.96. The van der Waals surface area contributed by atoms with Gasteiger partial charge in [-0.3, -0.25) is 14.5 Å². The summed E-state index contributed by atoms with van der Waals surface area (Å²) in [5, 5.41) is 13.7. The fourth-order valence-corrected chi connectivity index (χ4v) is 4.41. The fourth-order valence-electron chi connectivity index (χ4n) is 3.00. The van der Waals surface area contributed by atoms with Gasteiger partial charge in [-0.1, -0.05) is 42.5 Å². The van der Waals surface area contributed by atoms with E-state index in [2.05, 4.69) is 5.32 Å². The molecule has 2 heterocycles. The molecule has 1 saturated heterocycles. The van der Waals surface area contributed by atoms with E-state index < -0.39 is 35.2 Å². The van der Waals surface area contributed by atoms with E-state index in [-0.39, 0.29) is 41.1 Å². The van der Waals surface area contributed by atoms with Crippen LogP contribution in [-0.4, -0.2) is 45.7 Å². The summed E-state index contributed by atoms with van der Waals surface area (Å²) in [5.74, 6) is -1.85. The number of benzene rings is 1. The average molecular weight is 430 g/mol. The molecule has 3 N–H and O–H groups in total. The molecule has 0 bridgehead atoms. The maximum absolute atomic E-state index is 12.5. The molecule has 28 heavy (non-hydrogen) atoms. The number of carboxylic acid groups (broad SMARTS) is 1. The van der Waals surface area contributed by atoms with E-state index in [4.69, 9.17) is 17.3 Å². The zero-order chi connectivity index (χ0) is 19.6. The molecule has 1 aromatic carbocycles. The maximum Gasteiger partial charge on any atom is 1.00 e. The summed E-state index contributed by atoms with van der Waals surface area (Å²) in [6, 6.07) is 7.04. The fraction of sp³-hybridized carbons (Fsp3) is 0.278. The molecular formula is C18H17ClN3NaO4S. The van der Waals surface area contributed by atoms with Crippen LogP contribution in [0.15, 0.2) is 53.8 Å². The minimum absolute atomic E-state index is 0. The van der Waals surface area contributed by atoms with Crippen LogP contribution in [0.4, 0.5) is 0 Å². The number of nitrogens with one attached hydrogen (secondary N) is 1. The molecule has 3 rings (SSSR count). The van der Waals surface area contributed by atoms with Crippen molar-refractivity contribution >= 4 is 41.1 Å². The average Bonchev–Trinajstić information content (AvgIpc) is 2.69. The molecule has 1 fully saturated rings. The van der Waals surface area contributed by atoms with Crippen LogP contribution in [0.25, 0.3) is 0 Å². The summed E-state index contributed by atoms with van der Waals surface area (Å²) in [6.07, 6.45) is 3.18. The van der Waals surface area contributed by atoms with Gasteiger partial charge in [0.05, 0.1) is 11.7 Å². The monoisotopic (exact) mass is 429 g/mol. The molecule has 1 unspecified atom stereocenters. The predicted molar refractivity (Wildman–Crippen MR) is 100 cm³/mol. The first kappa shape index (κ1) is 23.0. The SMILES string of the molecule is NC(C(=O)N[C@@H]1C(=O)N2C(C(=O)[O-])=C(/C=C\CCl)CS[C@@H]12)c1ccccc1.[Na+]. The van der Waals surface area contributed by atoms with Crippen molar-refractivity contribution in [3.63, 3.8) is 0 Å². The number of fused-ring (bicyclic) bond motifs is 1. The van der Waals surface area contributed by atoms with Gasteiger partial charge in [0.1, 0.15) is 17.5 Å².